The fourth-order valence-corrected chi connectivity index (χ4v) is 3.20. The Bertz CT molecular complexity index is 407. The van der Waals surface area contributed by atoms with Crippen molar-refractivity contribution in [3.8, 4) is 5.75 Å². The Labute approximate surface area is 109 Å². The van der Waals surface area contributed by atoms with Crippen molar-refractivity contribution in [1.82, 2.24) is 4.90 Å². The van der Waals surface area contributed by atoms with Crippen molar-refractivity contribution in [2.75, 3.05) is 38.2 Å². The van der Waals surface area contributed by atoms with Crippen LogP contribution < -0.4 is 9.64 Å². The molecule has 3 heteroatoms. The van der Waals surface area contributed by atoms with E-state index in [4.69, 9.17) is 4.74 Å². The Kier molecular flexibility index (Phi) is 3.41. The lowest BCUT2D eigenvalue weighted by molar-refractivity contribution is 0.133. The fourth-order valence-electron chi connectivity index (χ4n) is 3.20. The smallest absolute Gasteiger partial charge is 0.120 e. The van der Waals surface area contributed by atoms with E-state index >= 15 is 0 Å². The first kappa shape index (κ1) is 11.8. The number of rotatable bonds is 2. The first-order valence-corrected chi connectivity index (χ1v) is 7.00. The van der Waals surface area contributed by atoms with E-state index in [2.05, 4.69) is 28.0 Å². The molecule has 0 amide bonds. The average molecular weight is 246 g/mol. The topological polar surface area (TPSA) is 15.7 Å². The number of benzene rings is 1. The number of nitrogens with zero attached hydrogens (tertiary/aromatic N) is 2. The van der Waals surface area contributed by atoms with Gasteiger partial charge in [-0.1, -0.05) is 12.5 Å². The van der Waals surface area contributed by atoms with E-state index in [-0.39, 0.29) is 0 Å². The summed E-state index contributed by atoms with van der Waals surface area (Å²) in [4.78, 5) is 5.18. The van der Waals surface area contributed by atoms with Crippen LogP contribution in [0.4, 0.5) is 5.69 Å². The van der Waals surface area contributed by atoms with E-state index in [9.17, 15) is 0 Å². The van der Waals surface area contributed by atoms with Crippen molar-refractivity contribution >= 4 is 5.69 Å². The number of hydrogen-bond donors (Lipinski definition) is 0. The summed E-state index contributed by atoms with van der Waals surface area (Å²) in [6, 6.07) is 9.21. The van der Waals surface area contributed by atoms with Gasteiger partial charge in [-0.15, -0.1) is 0 Å². The van der Waals surface area contributed by atoms with E-state index < -0.39 is 0 Å². The number of fused-ring (bicyclic) bond motifs is 1. The third kappa shape index (κ3) is 2.32. The van der Waals surface area contributed by atoms with Crippen molar-refractivity contribution in [2.45, 2.75) is 25.3 Å². The SMILES string of the molecule is COc1cccc(N2CCN3CCCCC3C2)c1. The highest BCUT2D eigenvalue weighted by Gasteiger charge is 2.28. The van der Waals surface area contributed by atoms with Crippen LogP contribution in [-0.2, 0) is 0 Å². The molecule has 2 aliphatic heterocycles. The van der Waals surface area contributed by atoms with Crippen LogP contribution in [0.2, 0.25) is 0 Å². The Hall–Kier alpha value is -1.22. The Morgan fingerprint density at radius 1 is 1.17 bits per heavy atom. The first-order valence-electron chi connectivity index (χ1n) is 7.00. The van der Waals surface area contributed by atoms with Gasteiger partial charge in [0.1, 0.15) is 5.75 Å². The van der Waals surface area contributed by atoms with Crippen molar-refractivity contribution in [3.05, 3.63) is 24.3 Å². The summed E-state index contributed by atoms with van der Waals surface area (Å²) in [5.41, 5.74) is 1.31. The molecule has 2 fully saturated rings. The van der Waals surface area contributed by atoms with E-state index in [1.807, 2.05) is 6.07 Å². The molecule has 0 saturated carbocycles. The van der Waals surface area contributed by atoms with Gasteiger partial charge in [0.15, 0.2) is 0 Å². The third-order valence-corrected chi connectivity index (χ3v) is 4.26. The van der Waals surface area contributed by atoms with Gasteiger partial charge in [0.05, 0.1) is 7.11 Å². The normalized spacial score (nSPS) is 24.7. The second kappa shape index (κ2) is 5.19. The zero-order valence-corrected chi connectivity index (χ0v) is 11.1. The van der Waals surface area contributed by atoms with Crippen molar-refractivity contribution in [3.63, 3.8) is 0 Å². The van der Waals surface area contributed by atoms with Crippen molar-refractivity contribution in [1.29, 1.82) is 0 Å². The number of ether oxygens (including phenoxy) is 1. The lowest BCUT2D eigenvalue weighted by atomic mass is 9.99. The quantitative estimate of drug-likeness (QED) is 0.797. The Balaban J connectivity index is 1.72. The number of anilines is 1. The summed E-state index contributed by atoms with van der Waals surface area (Å²) in [6.07, 6.45) is 4.14. The molecule has 1 aromatic rings. The maximum absolute atomic E-state index is 5.32. The van der Waals surface area contributed by atoms with Gasteiger partial charge < -0.3 is 9.64 Å². The molecule has 0 aliphatic carbocycles. The average Bonchev–Trinajstić information content (AvgIpc) is 2.47. The third-order valence-electron chi connectivity index (χ3n) is 4.26. The standard InChI is InChI=1S/C15H22N2O/c1-18-15-7-4-6-13(11-15)17-10-9-16-8-3-2-5-14(16)12-17/h4,6-7,11,14H,2-3,5,8-10,12H2,1H3. The van der Waals surface area contributed by atoms with Gasteiger partial charge in [0.25, 0.3) is 0 Å². The van der Waals surface area contributed by atoms with Crippen LogP contribution >= 0.6 is 0 Å². The number of piperidine rings is 1. The molecule has 0 spiro atoms. The Morgan fingerprint density at radius 2 is 2.11 bits per heavy atom. The minimum atomic E-state index is 0.763. The number of hydrogen-bond acceptors (Lipinski definition) is 3. The maximum Gasteiger partial charge on any atom is 0.120 e. The summed E-state index contributed by atoms with van der Waals surface area (Å²) in [7, 11) is 1.73. The van der Waals surface area contributed by atoms with Crippen LogP contribution in [0.25, 0.3) is 0 Å². The molecule has 98 valence electrons. The molecule has 2 saturated heterocycles. The van der Waals surface area contributed by atoms with Gasteiger partial charge in [-0.05, 0) is 31.5 Å². The molecule has 1 atom stereocenters. The molecule has 2 aliphatic rings. The van der Waals surface area contributed by atoms with Crippen LogP contribution in [0.3, 0.4) is 0 Å². The molecule has 0 aromatic heterocycles. The van der Waals surface area contributed by atoms with Crippen LogP contribution in [0.1, 0.15) is 19.3 Å². The summed E-state index contributed by atoms with van der Waals surface area (Å²) >= 11 is 0. The predicted octanol–water partition coefficient (Wildman–Crippen LogP) is 2.37. The highest BCUT2D eigenvalue weighted by atomic mass is 16.5. The molecular weight excluding hydrogens is 224 g/mol. The van der Waals surface area contributed by atoms with E-state index in [0.29, 0.717) is 0 Å². The highest BCUT2D eigenvalue weighted by Crippen LogP contribution is 2.26. The van der Waals surface area contributed by atoms with Gasteiger partial charge in [-0.2, -0.15) is 0 Å². The van der Waals surface area contributed by atoms with Crippen LogP contribution in [0, 0.1) is 0 Å². The predicted molar refractivity (Wildman–Crippen MR) is 74.4 cm³/mol. The monoisotopic (exact) mass is 246 g/mol. The minimum Gasteiger partial charge on any atom is -0.497 e. The first-order chi connectivity index (χ1) is 8.86. The van der Waals surface area contributed by atoms with Crippen molar-refractivity contribution in [2.24, 2.45) is 0 Å². The number of piperazine rings is 1. The molecule has 3 nitrogen and oxygen atoms in total. The lowest BCUT2D eigenvalue weighted by Gasteiger charge is -2.45. The highest BCUT2D eigenvalue weighted by molar-refractivity contribution is 5.51. The molecule has 0 N–H and O–H groups in total. The largest absolute Gasteiger partial charge is 0.497 e. The maximum atomic E-state index is 5.32. The van der Waals surface area contributed by atoms with E-state index in [1.54, 1.807) is 7.11 Å². The van der Waals surface area contributed by atoms with Gasteiger partial charge in [0, 0.05) is 37.4 Å². The van der Waals surface area contributed by atoms with Gasteiger partial charge in [-0.3, -0.25) is 4.90 Å². The van der Waals surface area contributed by atoms with Crippen LogP contribution in [-0.4, -0.2) is 44.2 Å². The molecule has 3 rings (SSSR count). The van der Waals surface area contributed by atoms with E-state index in [1.165, 1.54) is 44.6 Å². The molecular formula is C15H22N2O. The molecule has 0 bridgehead atoms. The lowest BCUT2D eigenvalue weighted by Crippen LogP contribution is -2.54. The summed E-state index contributed by atoms with van der Waals surface area (Å²) in [5, 5.41) is 0. The van der Waals surface area contributed by atoms with Gasteiger partial charge in [-0.25, -0.2) is 0 Å². The zero-order chi connectivity index (χ0) is 12.4. The second-order valence-electron chi connectivity index (χ2n) is 5.33. The zero-order valence-electron chi connectivity index (χ0n) is 11.1. The van der Waals surface area contributed by atoms with Gasteiger partial charge in [0.2, 0.25) is 0 Å². The Morgan fingerprint density at radius 3 is 3.00 bits per heavy atom. The fraction of sp³-hybridized carbons (Fsp3) is 0.600. The van der Waals surface area contributed by atoms with Gasteiger partial charge >= 0.3 is 0 Å². The molecule has 18 heavy (non-hydrogen) atoms. The molecule has 2 heterocycles. The van der Waals surface area contributed by atoms with Crippen LogP contribution in [0.5, 0.6) is 5.75 Å². The summed E-state index contributed by atoms with van der Waals surface area (Å²) < 4.78 is 5.32. The minimum absolute atomic E-state index is 0.763. The second-order valence-corrected chi connectivity index (χ2v) is 5.33. The van der Waals surface area contributed by atoms with Crippen LogP contribution in [0.15, 0.2) is 24.3 Å². The van der Waals surface area contributed by atoms with Crippen molar-refractivity contribution < 1.29 is 4.74 Å². The number of methoxy groups -OCH3 is 1. The molecule has 0 radical (unpaired) electrons. The van der Waals surface area contributed by atoms with E-state index in [0.717, 1.165) is 18.3 Å². The summed E-state index contributed by atoms with van der Waals surface area (Å²) in [6.45, 7) is 4.83. The molecule has 1 aromatic carbocycles. The molecule has 1 unspecified atom stereocenters. The summed E-state index contributed by atoms with van der Waals surface area (Å²) in [5.74, 6) is 0.957.